The number of benzene rings is 1. The van der Waals surface area contributed by atoms with Gasteiger partial charge < -0.3 is 5.32 Å². The SMILES string of the molecule is CCCCc1ccc(NC(=O)Nc2ccccn2)cc1. The lowest BCUT2D eigenvalue weighted by Crippen LogP contribution is -2.19. The van der Waals surface area contributed by atoms with Gasteiger partial charge in [0.2, 0.25) is 0 Å². The Kier molecular flexibility index (Phi) is 5.12. The summed E-state index contributed by atoms with van der Waals surface area (Å²) in [6.07, 6.45) is 5.09. The van der Waals surface area contributed by atoms with Gasteiger partial charge in [-0.05, 0) is 42.7 Å². The van der Waals surface area contributed by atoms with Crippen molar-refractivity contribution in [3.8, 4) is 0 Å². The van der Waals surface area contributed by atoms with E-state index in [0.29, 0.717) is 5.82 Å². The molecule has 0 fully saturated rings. The minimum atomic E-state index is -0.287. The standard InChI is InChI=1S/C16H19N3O/c1-2-3-6-13-8-10-14(11-9-13)18-16(20)19-15-7-4-5-12-17-15/h4-5,7-12H,2-3,6H2,1H3,(H2,17,18,19,20). The number of pyridine rings is 1. The first-order chi connectivity index (χ1) is 9.78. The number of hydrogen-bond acceptors (Lipinski definition) is 2. The lowest BCUT2D eigenvalue weighted by Gasteiger charge is -2.07. The van der Waals surface area contributed by atoms with E-state index in [0.717, 1.165) is 12.1 Å². The number of amides is 2. The second kappa shape index (κ2) is 7.28. The Morgan fingerprint density at radius 1 is 1.10 bits per heavy atom. The number of aryl methyl sites for hydroxylation is 1. The van der Waals surface area contributed by atoms with Crippen LogP contribution in [0, 0.1) is 0 Å². The smallest absolute Gasteiger partial charge is 0.308 e. The average Bonchev–Trinajstić information content (AvgIpc) is 2.47. The molecule has 2 N–H and O–H groups in total. The van der Waals surface area contributed by atoms with Crippen molar-refractivity contribution < 1.29 is 4.79 Å². The number of nitrogens with zero attached hydrogens (tertiary/aromatic N) is 1. The van der Waals surface area contributed by atoms with Crippen LogP contribution in [0.5, 0.6) is 0 Å². The van der Waals surface area contributed by atoms with Gasteiger partial charge >= 0.3 is 6.03 Å². The summed E-state index contributed by atoms with van der Waals surface area (Å²) in [7, 11) is 0. The normalized spacial score (nSPS) is 10.1. The van der Waals surface area contributed by atoms with Gasteiger partial charge in [0.25, 0.3) is 0 Å². The van der Waals surface area contributed by atoms with Gasteiger partial charge in [0.05, 0.1) is 0 Å². The number of hydrogen-bond donors (Lipinski definition) is 2. The Labute approximate surface area is 119 Å². The molecule has 1 aromatic heterocycles. The minimum Gasteiger partial charge on any atom is -0.308 e. The third kappa shape index (κ3) is 4.39. The van der Waals surface area contributed by atoms with E-state index < -0.39 is 0 Å². The van der Waals surface area contributed by atoms with Gasteiger partial charge in [-0.1, -0.05) is 31.5 Å². The maximum atomic E-state index is 11.8. The molecule has 0 atom stereocenters. The van der Waals surface area contributed by atoms with Crippen LogP contribution in [0.15, 0.2) is 48.7 Å². The maximum absolute atomic E-state index is 11.8. The molecule has 0 aliphatic heterocycles. The van der Waals surface area contributed by atoms with Gasteiger partial charge in [-0.2, -0.15) is 0 Å². The molecule has 104 valence electrons. The Morgan fingerprint density at radius 3 is 2.55 bits per heavy atom. The largest absolute Gasteiger partial charge is 0.324 e. The number of aromatic nitrogens is 1. The lowest BCUT2D eigenvalue weighted by atomic mass is 10.1. The molecule has 0 unspecified atom stereocenters. The first kappa shape index (κ1) is 14.1. The van der Waals surface area contributed by atoms with E-state index in [2.05, 4.69) is 22.5 Å². The molecule has 0 spiro atoms. The number of unbranched alkanes of at least 4 members (excludes halogenated alkanes) is 1. The van der Waals surface area contributed by atoms with Crippen LogP contribution in [0.25, 0.3) is 0 Å². The third-order valence-electron chi connectivity index (χ3n) is 2.94. The Bertz CT molecular complexity index is 537. The highest BCUT2D eigenvalue weighted by Crippen LogP contribution is 2.12. The summed E-state index contributed by atoms with van der Waals surface area (Å²) in [6, 6.07) is 13.0. The minimum absolute atomic E-state index is 0.287. The number of urea groups is 1. The molecule has 4 heteroatoms. The van der Waals surface area contributed by atoms with E-state index in [1.165, 1.54) is 18.4 Å². The fraction of sp³-hybridized carbons (Fsp3) is 0.250. The van der Waals surface area contributed by atoms with E-state index in [-0.39, 0.29) is 6.03 Å². The number of nitrogens with one attached hydrogen (secondary N) is 2. The van der Waals surface area contributed by atoms with Crippen molar-refractivity contribution in [3.63, 3.8) is 0 Å². The molecule has 0 saturated heterocycles. The summed E-state index contributed by atoms with van der Waals surface area (Å²) in [5.41, 5.74) is 2.07. The van der Waals surface area contributed by atoms with Crippen LogP contribution in [-0.2, 0) is 6.42 Å². The molecule has 2 rings (SSSR count). The van der Waals surface area contributed by atoms with Crippen LogP contribution in [0.4, 0.5) is 16.3 Å². The van der Waals surface area contributed by atoms with Crippen molar-refractivity contribution in [1.82, 2.24) is 4.98 Å². The second-order valence-electron chi connectivity index (χ2n) is 4.59. The molecule has 0 radical (unpaired) electrons. The number of carbonyl (C=O) groups is 1. The Hall–Kier alpha value is -2.36. The fourth-order valence-corrected chi connectivity index (χ4v) is 1.85. The highest BCUT2D eigenvalue weighted by Gasteiger charge is 2.02. The monoisotopic (exact) mass is 269 g/mol. The summed E-state index contributed by atoms with van der Waals surface area (Å²) in [4.78, 5) is 15.8. The first-order valence-electron chi connectivity index (χ1n) is 6.86. The van der Waals surface area contributed by atoms with E-state index in [1.807, 2.05) is 30.3 Å². The van der Waals surface area contributed by atoms with E-state index in [1.54, 1.807) is 18.3 Å². The van der Waals surface area contributed by atoms with Gasteiger partial charge in [0.1, 0.15) is 5.82 Å². The summed E-state index contributed by atoms with van der Waals surface area (Å²) in [5.74, 6) is 0.532. The van der Waals surface area contributed by atoms with Crippen LogP contribution in [0.3, 0.4) is 0 Å². The summed E-state index contributed by atoms with van der Waals surface area (Å²) in [5, 5.41) is 5.46. The quantitative estimate of drug-likeness (QED) is 0.859. The molecule has 1 aromatic carbocycles. The van der Waals surface area contributed by atoms with E-state index in [9.17, 15) is 4.79 Å². The number of carbonyl (C=O) groups excluding carboxylic acids is 1. The zero-order chi connectivity index (χ0) is 14.2. The Morgan fingerprint density at radius 2 is 1.90 bits per heavy atom. The van der Waals surface area contributed by atoms with Gasteiger partial charge in [0, 0.05) is 11.9 Å². The van der Waals surface area contributed by atoms with Crippen molar-refractivity contribution >= 4 is 17.5 Å². The van der Waals surface area contributed by atoms with Crippen molar-refractivity contribution in [2.24, 2.45) is 0 Å². The highest BCUT2D eigenvalue weighted by atomic mass is 16.2. The molecule has 0 bridgehead atoms. The Balaban J connectivity index is 1.88. The molecule has 1 heterocycles. The van der Waals surface area contributed by atoms with Crippen LogP contribution in [0.1, 0.15) is 25.3 Å². The zero-order valence-electron chi connectivity index (χ0n) is 11.6. The third-order valence-corrected chi connectivity index (χ3v) is 2.94. The number of anilines is 2. The maximum Gasteiger partial charge on any atom is 0.324 e. The van der Waals surface area contributed by atoms with Gasteiger partial charge in [-0.15, -0.1) is 0 Å². The van der Waals surface area contributed by atoms with Crippen LogP contribution >= 0.6 is 0 Å². The van der Waals surface area contributed by atoms with Gasteiger partial charge in [0.15, 0.2) is 0 Å². The molecular weight excluding hydrogens is 250 g/mol. The van der Waals surface area contributed by atoms with Gasteiger partial charge in [-0.3, -0.25) is 5.32 Å². The molecule has 0 aliphatic rings. The predicted molar refractivity (Wildman–Crippen MR) is 81.9 cm³/mol. The van der Waals surface area contributed by atoms with Crippen LogP contribution in [-0.4, -0.2) is 11.0 Å². The topological polar surface area (TPSA) is 54.0 Å². The highest BCUT2D eigenvalue weighted by molar-refractivity contribution is 5.99. The second-order valence-corrected chi connectivity index (χ2v) is 4.59. The molecule has 20 heavy (non-hydrogen) atoms. The predicted octanol–water partition coefficient (Wildman–Crippen LogP) is 4.07. The van der Waals surface area contributed by atoms with Crippen LogP contribution < -0.4 is 10.6 Å². The summed E-state index contributed by atoms with van der Waals surface area (Å²) in [6.45, 7) is 2.18. The molecule has 0 saturated carbocycles. The van der Waals surface area contributed by atoms with Crippen molar-refractivity contribution in [3.05, 3.63) is 54.2 Å². The number of rotatable bonds is 5. The summed E-state index contributed by atoms with van der Waals surface area (Å²) < 4.78 is 0. The molecule has 2 aromatic rings. The molecule has 0 aliphatic carbocycles. The van der Waals surface area contributed by atoms with Crippen molar-refractivity contribution in [2.45, 2.75) is 26.2 Å². The molecular formula is C16H19N3O. The van der Waals surface area contributed by atoms with E-state index >= 15 is 0 Å². The fourth-order valence-electron chi connectivity index (χ4n) is 1.85. The molecule has 4 nitrogen and oxygen atoms in total. The van der Waals surface area contributed by atoms with Crippen LogP contribution in [0.2, 0.25) is 0 Å². The average molecular weight is 269 g/mol. The summed E-state index contributed by atoms with van der Waals surface area (Å²) >= 11 is 0. The van der Waals surface area contributed by atoms with Gasteiger partial charge in [-0.25, -0.2) is 9.78 Å². The first-order valence-corrected chi connectivity index (χ1v) is 6.86. The van der Waals surface area contributed by atoms with Crippen molar-refractivity contribution in [1.29, 1.82) is 0 Å². The molecule has 2 amide bonds. The van der Waals surface area contributed by atoms with Crippen molar-refractivity contribution in [2.75, 3.05) is 10.6 Å². The zero-order valence-corrected chi connectivity index (χ0v) is 11.6. The van der Waals surface area contributed by atoms with E-state index in [4.69, 9.17) is 0 Å². The lowest BCUT2D eigenvalue weighted by molar-refractivity contribution is 0.262.